The van der Waals surface area contributed by atoms with E-state index in [2.05, 4.69) is 4.98 Å². The number of benzene rings is 1. The fourth-order valence-electron chi connectivity index (χ4n) is 1.16. The molecule has 0 spiro atoms. The van der Waals surface area contributed by atoms with Gasteiger partial charge in [-0.15, -0.1) is 0 Å². The molecule has 1 aromatic heterocycles. The zero-order chi connectivity index (χ0) is 8.55. The molecular weight excluding hydrogens is 156 g/mol. The Labute approximate surface area is 68.7 Å². The lowest BCUT2D eigenvalue weighted by Gasteiger charge is -2.04. The van der Waals surface area contributed by atoms with Crippen molar-refractivity contribution in [2.75, 3.05) is 0 Å². The number of rotatable bonds is 1. The maximum absolute atomic E-state index is 8.89. The molecule has 1 aromatic carbocycles. The second-order valence-electron chi connectivity index (χ2n) is 2.49. The molecule has 1 heterocycles. The topological polar surface area (TPSA) is 58.3 Å². The summed E-state index contributed by atoms with van der Waals surface area (Å²) in [5.41, 5.74) is 1.47. The Morgan fingerprint density at radius 1 is 1.25 bits per heavy atom. The molecule has 0 amide bonds. The molecule has 0 radical (unpaired) electrons. The Hall–Kier alpha value is -1.39. The van der Waals surface area contributed by atoms with Gasteiger partial charge in [0.2, 0.25) is 6.41 Å². The van der Waals surface area contributed by atoms with Gasteiger partial charge in [0, 0.05) is 0 Å². The number of aliphatic hydroxyl groups excluding tert-OH is 1. The molecule has 0 aliphatic carbocycles. The summed E-state index contributed by atoms with van der Waals surface area (Å²) in [7, 11) is 0. The standard InChI is InChI=1S/C8H8N2O2/c11-8(12)10-5-9-6-3-1-2-4-7(6)10/h1-5,8,11-12H. The smallest absolute Gasteiger partial charge is 0.240 e. The molecule has 0 aliphatic rings. The van der Waals surface area contributed by atoms with Gasteiger partial charge in [-0.1, -0.05) is 12.1 Å². The number of aromatic nitrogens is 2. The zero-order valence-electron chi connectivity index (χ0n) is 6.25. The quantitative estimate of drug-likeness (QED) is 0.602. The van der Waals surface area contributed by atoms with Crippen molar-refractivity contribution in [1.29, 1.82) is 0 Å². The van der Waals surface area contributed by atoms with Gasteiger partial charge in [-0.3, -0.25) is 4.57 Å². The van der Waals surface area contributed by atoms with Gasteiger partial charge in [-0.05, 0) is 12.1 Å². The second-order valence-corrected chi connectivity index (χ2v) is 2.49. The monoisotopic (exact) mass is 164 g/mol. The van der Waals surface area contributed by atoms with E-state index in [1.807, 2.05) is 18.2 Å². The van der Waals surface area contributed by atoms with Gasteiger partial charge in [0.15, 0.2) is 0 Å². The van der Waals surface area contributed by atoms with Gasteiger partial charge in [-0.2, -0.15) is 0 Å². The van der Waals surface area contributed by atoms with Crippen molar-refractivity contribution < 1.29 is 10.2 Å². The van der Waals surface area contributed by atoms with Crippen LogP contribution in [0.25, 0.3) is 11.0 Å². The lowest BCUT2D eigenvalue weighted by atomic mass is 10.3. The molecule has 0 saturated heterocycles. The third-order valence-corrected chi connectivity index (χ3v) is 1.73. The molecule has 0 saturated carbocycles. The molecule has 2 aromatic rings. The van der Waals surface area contributed by atoms with Crippen LogP contribution < -0.4 is 0 Å². The minimum Gasteiger partial charge on any atom is -0.351 e. The van der Waals surface area contributed by atoms with E-state index in [0.717, 1.165) is 5.52 Å². The molecule has 0 unspecified atom stereocenters. The molecule has 0 aliphatic heterocycles. The van der Waals surface area contributed by atoms with Crippen LogP contribution in [0.15, 0.2) is 30.6 Å². The van der Waals surface area contributed by atoms with Crippen LogP contribution in [0.2, 0.25) is 0 Å². The highest BCUT2D eigenvalue weighted by Crippen LogP contribution is 2.13. The minimum absolute atomic E-state index is 0.715. The third-order valence-electron chi connectivity index (χ3n) is 1.73. The number of hydrogen-bond acceptors (Lipinski definition) is 3. The highest BCUT2D eigenvalue weighted by atomic mass is 16.5. The first-order chi connectivity index (χ1) is 5.79. The average Bonchev–Trinajstić information content (AvgIpc) is 2.47. The summed E-state index contributed by atoms with van der Waals surface area (Å²) < 4.78 is 1.29. The van der Waals surface area contributed by atoms with Crippen molar-refractivity contribution in [3.05, 3.63) is 30.6 Å². The lowest BCUT2D eigenvalue weighted by molar-refractivity contribution is -0.0990. The van der Waals surface area contributed by atoms with E-state index >= 15 is 0 Å². The van der Waals surface area contributed by atoms with Gasteiger partial charge in [0.05, 0.1) is 17.4 Å². The summed E-state index contributed by atoms with van der Waals surface area (Å²) in [4.78, 5) is 3.98. The van der Waals surface area contributed by atoms with Crippen molar-refractivity contribution in [3.8, 4) is 0 Å². The number of nitrogens with zero attached hydrogens (tertiary/aromatic N) is 2. The maximum atomic E-state index is 8.89. The first-order valence-electron chi connectivity index (χ1n) is 3.57. The average molecular weight is 164 g/mol. The van der Waals surface area contributed by atoms with Crippen LogP contribution in [0.5, 0.6) is 0 Å². The fraction of sp³-hybridized carbons (Fsp3) is 0.125. The van der Waals surface area contributed by atoms with Crippen LogP contribution in [0.4, 0.5) is 0 Å². The first kappa shape index (κ1) is 7.27. The lowest BCUT2D eigenvalue weighted by Crippen LogP contribution is -2.04. The molecular formula is C8H8N2O2. The Balaban J connectivity index is 2.70. The van der Waals surface area contributed by atoms with Crippen LogP contribution in [0.3, 0.4) is 0 Å². The predicted octanol–water partition coefficient (Wildman–Crippen LogP) is 0.477. The fourth-order valence-corrected chi connectivity index (χ4v) is 1.16. The molecule has 2 rings (SSSR count). The van der Waals surface area contributed by atoms with E-state index in [0.29, 0.717) is 5.52 Å². The SMILES string of the molecule is OC(O)n1cnc2ccccc21. The summed E-state index contributed by atoms with van der Waals surface area (Å²) >= 11 is 0. The summed E-state index contributed by atoms with van der Waals surface area (Å²) in [6, 6.07) is 7.27. The maximum Gasteiger partial charge on any atom is 0.240 e. The van der Waals surface area contributed by atoms with Crippen LogP contribution in [0, 0.1) is 0 Å². The number of hydrogen-bond donors (Lipinski definition) is 2. The van der Waals surface area contributed by atoms with E-state index < -0.39 is 6.41 Å². The molecule has 0 bridgehead atoms. The minimum atomic E-state index is -1.52. The summed E-state index contributed by atoms with van der Waals surface area (Å²) in [5, 5.41) is 17.8. The van der Waals surface area contributed by atoms with Gasteiger partial charge in [0.1, 0.15) is 0 Å². The summed E-state index contributed by atoms with van der Waals surface area (Å²) in [5.74, 6) is 0. The van der Waals surface area contributed by atoms with Crippen LogP contribution in [-0.2, 0) is 0 Å². The Bertz CT molecular complexity index is 395. The van der Waals surface area contributed by atoms with Gasteiger partial charge >= 0.3 is 0 Å². The van der Waals surface area contributed by atoms with Gasteiger partial charge in [-0.25, -0.2) is 4.98 Å². The largest absolute Gasteiger partial charge is 0.351 e. The Morgan fingerprint density at radius 3 is 2.75 bits per heavy atom. The third kappa shape index (κ3) is 0.975. The van der Waals surface area contributed by atoms with Crippen molar-refractivity contribution in [2.45, 2.75) is 6.41 Å². The number of imidazole rings is 1. The molecule has 12 heavy (non-hydrogen) atoms. The highest BCUT2D eigenvalue weighted by Gasteiger charge is 2.05. The zero-order valence-corrected chi connectivity index (χ0v) is 6.25. The van der Waals surface area contributed by atoms with E-state index in [1.165, 1.54) is 10.9 Å². The van der Waals surface area contributed by atoms with Crippen molar-refractivity contribution in [2.24, 2.45) is 0 Å². The highest BCUT2D eigenvalue weighted by molar-refractivity contribution is 5.74. The number of aliphatic hydroxyl groups is 2. The van der Waals surface area contributed by atoms with Crippen molar-refractivity contribution in [1.82, 2.24) is 9.55 Å². The van der Waals surface area contributed by atoms with Gasteiger partial charge in [0.25, 0.3) is 0 Å². The second kappa shape index (κ2) is 2.58. The van der Waals surface area contributed by atoms with Crippen molar-refractivity contribution >= 4 is 11.0 Å². The molecule has 0 atom stereocenters. The molecule has 2 N–H and O–H groups in total. The van der Waals surface area contributed by atoms with E-state index in [4.69, 9.17) is 10.2 Å². The summed E-state index contributed by atoms with van der Waals surface area (Å²) in [6.07, 6.45) is -0.118. The Kier molecular flexibility index (Phi) is 1.56. The Morgan fingerprint density at radius 2 is 2.00 bits per heavy atom. The van der Waals surface area contributed by atoms with E-state index in [1.54, 1.807) is 6.07 Å². The van der Waals surface area contributed by atoms with Crippen LogP contribution >= 0.6 is 0 Å². The normalized spacial score (nSPS) is 11.2. The van der Waals surface area contributed by atoms with Gasteiger partial charge < -0.3 is 10.2 Å². The molecule has 4 nitrogen and oxygen atoms in total. The van der Waals surface area contributed by atoms with E-state index in [-0.39, 0.29) is 0 Å². The molecule has 62 valence electrons. The predicted molar refractivity (Wildman–Crippen MR) is 43.2 cm³/mol. The van der Waals surface area contributed by atoms with Crippen LogP contribution in [0.1, 0.15) is 6.41 Å². The van der Waals surface area contributed by atoms with Crippen molar-refractivity contribution in [3.63, 3.8) is 0 Å². The summed E-state index contributed by atoms with van der Waals surface area (Å²) in [6.45, 7) is 0. The number of fused-ring (bicyclic) bond motifs is 1. The number of para-hydroxylation sites is 2. The molecule has 4 heteroatoms. The van der Waals surface area contributed by atoms with Crippen LogP contribution in [-0.4, -0.2) is 19.8 Å². The first-order valence-corrected chi connectivity index (χ1v) is 3.57. The van der Waals surface area contributed by atoms with E-state index in [9.17, 15) is 0 Å². The molecule has 0 fully saturated rings.